The molecule has 0 aliphatic heterocycles. The number of methoxy groups -OCH3 is 3. The highest BCUT2D eigenvalue weighted by molar-refractivity contribution is 5.85. The Morgan fingerprint density at radius 2 is 1.45 bits per heavy atom. The Morgan fingerprint density at radius 3 is 1.95 bits per heavy atom. The lowest BCUT2D eigenvalue weighted by Crippen LogP contribution is -2.20. The summed E-state index contributed by atoms with van der Waals surface area (Å²) in [6, 6.07) is 3.79. The molecule has 5 heteroatoms. The molecule has 1 atom stereocenters. The molecule has 1 saturated carbocycles. The first-order chi connectivity index (χ1) is 9.21. The van der Waals surface area contributed by atoms with Gasteiger partial charge in [0, 0.05) is 17.7 Å². The van der Waals surface area contributed by atoms with Gasteiger partial charge in [-0.1, -0.05) is 12.8 Å². The van der Waals surface area contributed by atoms with E-state index in [1.54, 1.807) is 21.3 Å². The molecule has 114 valence electrons. The third-order valence-electron chi connectivity index (χ3n) is 4.00. The first kappa shape index (κ1) is 16.9. The van der Waals surface area contributed by atoms with Crippen molar-refractivity contribution in [3.05, 3.63) is 17.7 Å². The van der Waals surface area contributed by atoms with Crippen LogP contribution < -0.4 is 19.9 Å². The summed E-state index contributed by atoms with van der Waals surface area (Å²) in [4.78, 5) is 0. The van der Waals surface area contributed by atoms with Crippen molar-refractivity contribution in [3.8, 4) is 17.2 Å². The largest absolute Gasteiger partial charge is 0.496 e. The lowest BCUT2D eigenvalue weighted by atomic mass is 9.91. The number of halogens is 1. The second-order valence-electron chi connectivity index (χ2n) is 5.02. The molecule has 0 amide bonds. The smallest absolute Gasteiger partial charge is 0.164 e. The van der Waals surface area contributed by atoms with Gasteiger partial charge in [-0.3, -0.25) is 0 Å². The Bertz CT molecular complexity index is 433. The molecule has 0 saturated heterocycles. The number of hydrogen-bond donors (Lipinski definition) is 1. The molecule has 0 unspecified atom stereocenters. The highest BCUT2D eigenvalue weighted by Crippen LogP contribution is 2.42. The van der Waals surface area contributed by atoms with Crippen LogP contribution in [0.4, 0.5) is 0 Å². The van der Waals surface area contributed by atoms with Crippen molar-refractivity contribution < 1.29 is 14.2 Å². The van der Waals surface area contributed by atoms with Crippen LogP contribution in [0, 0.1) is 5.92 Å². The van der Waals surface area contributed by atoms with Crippen molar-refractivity contribution in [1.82, 2.24) is 0 Å². The summed E-state index contributed by atoms with van der Waals surface area (Å²) in [7, 11) is 4.91. The molecule has 1 aliphatic carbocycles. The molecule has 2 N–H and O–H groups in total. The van der Waals surface area contributed by atoms with E-state index in [2.05, 4.69) is 0 Å². The van der Waals surface area contributed by atoms with Crippen LogP contribution in [0.1, 0.15) is 37.3 Å². The molecule has 20 heavy (non-hydrogen) atoms. The Kier molecular flexibility index (Phi) is 6.43. The summed E-state index contributed by atoms with van der Waals surface area (Å²) in [5.74, 6) is 2.68. The first-order valence-corrected chi connectivity index (χ1v) is 6.76. The lowest BCUT2D eigenvalue weighted by molar-refractivity contribution is 0.342. The highest BCUT2D eigenvalue weighted by Gasteiger charge is 2.26. The molecule has 2 rings (SSSR count). The molecular formula is C15H24ClNO3. The maximum absolute atomic E-state index is 6.42. The number of benzene rings is 1. The van der Waals surface area contributed by atoms with E-state index in [-0.39, 0.29) is 18.4 Å². The summed E-state index contributed by atoms with van der Waals surface area (Å²) in [5, 5.41) is 0. The second-order valence-corrected chi connectivity index (χ2v) is 5.02. The van der Waals surface area contributed by atoms with Gasteiger partial charge in [-0.05, 0) is 24.8 Å². The van der Waals surface area contributed by atoms with E-state index in [0.717, 1.165) is 11.3 Å². The van der Waals surface area contributed by atoms with Gasteiger partial charge in [-0.2, -0.15) is 0 Å². The molecule has 0 radical (unpaired) electrons. The molecule has 0 heterocycles. The van der Waals surface area contributed by atoms with Crippen LogP contribution in [0.3, 0.4) is 0 Å². The van der Waals surface area contributed by atoms with Crippen molar-refractivity contribution in [2.75, 3.05) is 21.3 Å². The van der Waals surface area contributed by atoms with E-state index >= 15 is 0 Å². The van der Waals surface area contributed by atoms with Gasteiger partial charge in [0.25, 0.3) is 0 Å². The van der Waals surface area contributed by atoms with E-state index in [4.69, 9.17) is 19.9 Å². The fourth-order valence-electron chi connectivity index (χ4n) is 2.88. The van der Waals surface area contributed by atoms with E-state index in [1.807, 2.05) is 12.1 Å². The summed E-state index contributed by atoms with van der Waals surface area (Å²) < 4.78 is 16.1. The fraction of sp³-hybridized carbons (Fsp3) is 0.600. The summed E-state index contributed by atoms with van der Waals surface area (Å²) in [6.45, 7) is 0. The van der Waals surface area contributed by atoms with Crippen LogP contribution in [0.15, 0.2) is 12.1 Å². The van der Waals surface area contributed by atoms with Crippen molar-refractivity contribution in [3.63, 3.8) is 0 Å². The van der Waals surface area contributed by atoms with Crippen LogP contribution in [0.25, 0.3) is 0 Å². The molecule has 4 nitrogen and oxygen atoms in total. The zero-order valence-corrected chi connectivity index (χ0v) is 13.2. The molecule has 1 aromatic rings. The van der Waals surface area contributed by atoms with E-state index in [9.17, 15) is 0 Å². The predicted molar refractivity (Wildman–Crippen MR) is 82.2 cm³/mol. The first-order valence-electron chi connectivity index (χ1n) is 6.76. The van der Waals surface area contributed by atoms with Crippen molar-refractivity contribution in [1.29, 1.82) is 0 Å². The van der Waals surface area contributed by atoms with E-state index in [1.165, 1.54) is 25.7 Å². The molecule has 1 fully saturated rings. The van der Waals surface area contributed by atoms with Gasteiger partial charge in [-0.25, -0.2) is 0 Å². The van der Waals surface area contributed by atoms with Crippen LogP contribution in [-0.2, 0) is 0 Å². The highest BCUT2D eigenvalue weighted by atomic mass is 35.5. The zero-order valence-electron chi connectivity index (χ0n) is 12.3. The van der Waals surface area contributed by atoms with Gasteiger partial charge >= 0.3 is 0 Å². The lowest BCUT2D eigenvalue weighted by Gasteiger charge is -2.23. The summed E-state index contributed by atoms with van der Waals surface area (Å²) >= 11 is 0. The molecular weight excluding hydrogens is 278 g/mol. The van der Waals surface area contributed by atoms with Gasteiger partial charge < -0.3 is 19.9 Å². The van der Waals surface area contributed by atoms with Gasteiger partial charge in [-0.15, -0.1) is 12.4 Å². The zero-order chi connectivity index (χ0) is 13.8. The maximum atomic E-state index is 6.42. The third kappa shape index (κ3) is 3.30. The van der Waals surface area contributed by atoms with E-state index < -0.39 is 0 Å². The average molecular weight is 302 g/mol. The van der Waals surface area contributed by atoms with Gasteiger partial charge in [0.2, 0.25) is 0 Å². The Morgan fingerprint density at radius 1 is 0.950 bits per heavy atom. The minimum atomic E-state index is -0.00254. The minimum Gasteiger partial charge on any atom is -0.496 e. The van der Waals surface area contributed by atoms with Crippen molar-refractivity contribution >= 4 is 12.4 Å². The van der Waals surface area contributed by atoms with Crippen LogP contribution in [-0.4, -0.2) is 21.3 Å². The van der Waals surface area contributed by atoms with Crippen LogP contribution in [0.2, 0.25) is 0 Å². The van der Waals surface area contributed by atoms with Crippen molar-refractivity contribution in [2.45, 2.75) is 31.7 Å². The molecule has 1 aliphatic rings. The SMILES string of the molecule is COc1cc(OC)c([C@@H](N)C2CCCC2)cc1OC.Cl. The van der Waals surface area contributed by atoms with Crippen LogP contribution >= 0.6 is 12.4 Å². The number of nitrogens with two attached hydrogens (primary N) is 1. The monoisotopic (exact) mass is 301 g/mol. The second kappa shape index (κ2) is 7.60. The summed E-state index contributed by atoms with van der Waals surface area (Å²) in [5.41, 5.74) is 7.42. The normalized spacial score (nSPS) is 16.4. The molecule has 0 bridgehead atoms. The number of rotatable bonds is 5. The van der Waals surface area contributed by atoms with Crippen LogP contribution in [0.5, 0.6) is 17.2 Å². The van der Waals surface area contributed by atoms with Gasteiger partial charge in [0.15, 0.2) is 11.5 Å². The van der Waals surface area contributed by atoms with E-state index in [0.29, 0.717) is 17.4 Å². The number of ether oxygens (including phenoxy) is 3. The fourth-order valence-corrected chi connectivity index (χ4v) is 2.88. The Hall–Kier alpha value is -1.13. The predicted octanol–water partition coefficient (Wildman–Crippen LogP) is 3.32. The third-order valence-corrected chi connectivity index (χ3v) is 4.00. The average Bonchev–Trinajstić information content (AvgIpc) is 2.99. The maximum Gasteiger partial charge on any atom is 0.164 e. The standard InChI is InChI=1S/C15H23NO3.ClH/c1-17-12-9-14(19-3)13(18-2)8-11(12)15(16)10-6-4-5-7-10;/h8-10,15H,4-7,16H2,1-3H3;1H/t15-;/m0./s1. The summed E-state index contributed by atoms with van der Waals surface area (Å²) in [6.07, 6.45) is 4.93. The molecule has 0 spiro atoms. The van der Waals surface area contributed by atoms with Gasteiger partial charge in [0.05, 0.1) is 21.3 Å². The van der Waals surface area contributed by atoms with Gasteiger partial charge in [0.1, 0.15) is 5.75 Å². The molecule has 0 aromatic heterocycles. The Labute approximate surface area is 127 Å². The number of hydrogen-bond acceptors (Lipinski definition) is 4. The Balaban J connectivity index is 0.00000200. The quantitative estimate of drug-likeness (QED) is 0.906. The van der Waals surface area contributed by atoms with Crippen molar-refractivity contribution in [2.24, 2.45) is 11.7 Å². The molecule has 1 aromatic carbocycles. The topological polar surface area (TPSA) is 53.7 Å². The minimum absolute atomic E-state index is 0.